The number of nitrogens with two attached hydrogens (primary N) is 1. The molecule has 0 aliphatic rings. The van der Waals surface area contributed by atoms with Crippen LogP contribution in [-0.2, 0) is 9.59 Å². The monoisotopic (exact) mass is 417 g/mol. The minimum absolute atomic E-state index is 0.162. The van der Waals surface area contributed by atoms with Gasteiger partial charge in [-0.25, -0.2) is 4.39 Å². The van der Waals surface area contributed by atoms with Crippen LogP contribution in [0.3, 0.4) is 0 Å². The highest BCUT2D eigenvalue weighted by Gasteiger charge is 2.21. The Hall–Kier alpha value is -2.98. The quantitative estimate of drug-likeness (QED) is 0.506. The maximum absolute atomic E-state index is 13.1. The fraction of sp³-hybridized carbons (Fsp3) is 0.111. The molecule has 0 aliphatic heterocycles. The van der Waals surface area contributed by atoms with Crippen molar-refractivity contribution < 1.29 is 14.0 Å². The van der Waals surface area contributed by atoms with Gasteiger partial charge in [0.25, 0.3) is 0 Å². The van der Waals surface area contributed by atoms with Gasteiger partial charge in [-0.3, -0.25) is 9.59 Å². The van der Waals surface area contributed by atoms with Gasteiger partial charge < -0.3 is 16.4 Å². The van der Waals surface area contributed by atoms with Crippen LogP contribution in [0, 0.1) is 5.82 Å². The Kier molecular flexibility index (Phi) is 6.22. The van der Waals surface area contributed by atoms with Gasteiger partial charge in [0, 0.05) is 18.3 Å². The van der Waals surface area contributed by atoms with Gasteiger partial charge in [0.15, 0.2) is 4.34 Å². The lowest BCUT2D eigenvalue weighted by molar-refractivity contribution is -0.117. The molecule has 1 unspecified atom stereocenters. The van der Waals surface area contributed by atoms with Gasteiger partial charge in [0.05, 0.1) is 0 Å². The van der Waals surface area contributed by atoms with Crippen LogP contribution in [0.25, 0.3) is 0 Å². The lowest BCUT2D eigenvalue weighted by atomic mass is 10.1. The lowest BCUT2D eigenvalue weighted by Crippen LogP contribution is -2.18. The Morgan fingerprint density at radius 1 is 1.14 bits per heavy atom. The fourth-order valence-electron chi connectivity index (χ4n) is 2.34. The number of rotatable bonds is 7. The largest absolute Gasteiger partial charge is 0.368 e. The molecule has 3 rings (SSSR count). The summed E-state index contributed by atoms with van der Waals surface area (Å²) in [4.78, 5) is 23.0. The molecule has 2 amide bonds. The van der Waals surface area contributed by atoms with Crippen LogP contribution in [0.5, 0.6) is 0 Å². The number of halogens is 1. The van der Waals surface area contributed by atoms with E-state index < -0.39 is 11.2 Å². The Labute approximate surface area is 168 Å². The standard InChI is InChI=1S/C18H16FN5O2S2/c1-10(25)21-13-3-2-4-14(9-13)22-17-23-24-18(28-17)27-15(16(20)26)11-5-7-12(19)8-6-11/h2-9,15H,1H3,(H2,20,26)(H,21,25)(H,22,23). The lowest BCUT2D eigenvalue weighted by Gasteiger charge is -2.11. The molecule has 0 aliphatic carbocycles. The number of aromatic nitrogens is 2. The van der Waals surface area contributed by atoms with Crippen LogP contribution in [0.2, 0.25) is 0 Å². The molecule has 0 radical (unpaired) electrons. The molecule has 0 bridgehead atoms. The maximum Gasteiger partial charge on any atom is 0.235 e. The number of nitrogens with zero attached hydrogens (tertiary/aromatic N) is 2. The van der Waals surface area contributed by atoms with Crippen LogP contribution < -0.4 is 16.4 Å². The van der Waals surface area contributed by atoms with Crippen LogP contribution >= 0.6 is 23.1 Å². The smallest absolute Gasteiger partial charge is 0.235 e. The maximum atomic E-state index is 13.1. The van der Waals surface area contributed by atoms with Gasteiger partial charge in [-0.15, -0.1) is 10.2 Å². The number of benzene rings is 2. The van der Waals surface area contributed by atoms with E-state index in [1.807, 2.05) is 6.07 Å². The Morgan fingerprint density at radius 2 is 1.86 bits per heavy atom. The molecule has 2 aromatic carbocycles. The minimum atomic E-state index is -0.704. The van der Waals surface area contributed by atoms with Crippen molar-refractivity contribution in [3.05, 3.63) is 59.9 Å². The third-order valence-electron chi connectivity index (χ3n) is 3.49. The van der Waals surface area contributed by atoms with Crippen molar-refractivity contribution in [3.8, 4) is 0 Å². The number of hydrogen-bond donors (Lipinski definition) is 3. The third kappa shape index (κ3) is 5.27. The van der Waals surface area contributed by atoms with E-state index in [4.69, 9.17) is 5.73 Å². The van der Waals surface area contributed by atoms with Gasteiger partial charge in [-0.2, -0.15) is 0 Å². The minimum Gasteiger partial charge on any atom is -0.368 e. The van der Waals surface area contributed by atoms with E-state index in [1.165, 1.54) is 42.5 Å². The predicted molar refractivity (Wildman–Crippen MR) is 108 cm³/mol. The van der Waals surface area contributed by atoms with Crippen molar-refractivity contribution in [2.24, 2.45) is 5.73 Å². The molecular weight excluding hydrogens is 401 g/mol. The van der Waals surface area contributed by atoms with E-state index in [0.717, 1.165) is 17.4 Å². The highest BCUT2D eigenvalue weighted by atomic mass is 32.2. The summed E-state index contributed by atoms with van der Waals surface area (Å²) in [7, 11) is 0. The normalized spacial score (nSPS) is 11.6. The molecule has 0 spiro atoms. The summed E-state index contributed by atoms with van der Waals surface area (Å²) in [5.74, 6) is -1.10. The Bertz CT molecular complexity index is 994. The Balaban J connectivity index is 1.71. The van der Waals surface area contributed by atoms with Crippen LogP contribution in [0.4, 0.5) is 20.9 Å². The van der Waals surface area contributed by atoms with Gasteiger partial charge in [0.2, 0.25) is 16.9 Å². The SMILES string of the molecule is CC(=O)Nc1cccc(Nc2nnc(SC(C(N)=O)c3ccc(F)cc3)s2)c1. The van der Waals surface area contributed by atoms with Crippen molar-refractivity contribution in [2.75, 3.05) is 10.6 Å². The van der Waals surface area contributed by atoms with E-state index in [-0.39, 0.29) is 11.7 Å². The zero-order valence-corrected chi connectivity index (χ0v) is 16.3. The first-order valence-corrected chi connectivity index (χ1v) is 9.80. The molecule has 1 atom stereocenters. The topological polar surface area (TPSA) is 110 Å². The molecular formula is C18H16FN5O2S2. The first-order valence-electron chi connectivity index (χ1n) is 8.10. The van der Waals surface area contributed by atoms with E-state index in [0.29, 0.717) is 20.7 Å². The second-order valence-electron chi connectivity index (χ2n) is 5.71. The molecule has 0 fully saturated rings. The Morgan fingerprint density at radius 3 is 2.54 bits per heavy atom. The fourth-order valence-corrected chi connectivity index (χ4v) is 4.25. The van der Waals surface area contributed by atoms with Crippen LogP contribution in [0.15, 0.2) is 52.9 Å². The molecule has 10 heteroatoms. The molecule has 4 N–H and O–H groups in total. The number of amides is 2. The molecule has 1 aromatic heterocycles. The summed E-state index contributed by atoms with van der Waals surface area (Å²) >= 11 is 2.40. The number of carbonyl (C=O) groups is 2. The second-order valence-corrected chi connectivity index (χ2v) is 8.04. The molecule has 3 aromatic rings. The van der Waals surface area contributed by atoms with Crippen LogP contribution in [0.1, 0.15) is 17.7 Å². The van der Waals surface area contributed by atoms with E-state index in [9.17, 15) is 14.0 Å². The van der Waals surface area contributed by atoms with Gasteiger partial charge >= 0.3 is 0 Å². The second kappa shape index (κ2) is 8.81. The van der Waals surface area contributed by atoms with E-state index in [1.54, 1.807) is 18.2 Å². The van der Waals surface area contributed by atoms with E-state index >= 15 is 0 Å². The number of carbonyl (C=O) groups excluding carboxylic acids is 2. The zero-order chi connectivity index (χ0) is 20.1. The highest BCUT2D eigenvalue weighted by Crippen LogP contribution is 2.38. The molecule has 0 saturated carbocycles. The third-order valence-corrected chi connectivity index (χ3v) is 5.69. The number of primary amides is 1. The molecule has 7 nitrogen and oxygen atoms in total. The number of anilines is 3. The van der Waals surface area contributed by atoms with Crippen LogP contribution in [-0.4, -0.2) is 22.0 Å². The summed E-state index contributed by atoms with van der Waals surface area (Å²) in [5, 5.41) is 13.7. The van der Waals surface area contributed by atoms with Gasteiger partial charge in [-0.1, -0.05) is 41.3 Å². The summed E-state index contributed by atoms with van der Waals surface area (Å²) in [6, 6.07) is 12.7. The van der Waals surface area contributed by atoms with E-state index in [2.05, 4.69) is 20.8 Å². The number of hydrogen-bond acceptors (Lipinski definition) is 7. The highest BCUT2D eigenvalue weighted by molar-refractivity contribution is 8.01. The summed E-state index contributed by atoms with van der Waals surface area (Å²) in [5.41, 5.74) is 7.46. The average molecular weight is 417 g/mol. The van der Waals surface area contributed by atoms with Gasteiger partial charge in [0.1, 0.15) is 11.1 Å². The molecule has 144 valence electrons. The zero-order valence-electron chi connectivity index (χ0n) is 14.7. The van der Waals surface area contributed by atoms with Crippen molar-refractivity contribution in [1.29, 1.82) is 0 Å². The van der Waals surface area contributed by atoms with Crippen molar-refractivity contribution >= 4 is 51.4 Å². The number of thioether (sulfide) groups is 1. The summed E-state index contributed by atoms with van der Waals surface area (Å²) in [6.45, 7) is 1.44. The molecule has 1 heterocycles. The first-order chi connectivity index (χ1) is 13.4. The summed E-state index contributed by atoms with van der Waals surface area (Å²) in [6.07, 6.45) is 0. The first kappa shape index (κ1) is 19.8. The molecule has 0 saturated heterocycles. The average Bonchev–Trinajstić information content (AvgIpc) is 3.07. The van der Waals surface area contributed by atoms with Gasteiger partial charge in [-0.05, 0) is 35.9 Å². The van der Waals surface area contributed by atoms with Crippen molar-refractivity contribution in [2.45, 2.75) is 16.5 Å². The van der Waals surface area contributed by atoms with Crippen molar-refractivity contribution in [3.63, 3.8) is 0 Å². The molecule has 28 heavy (non-hydrogen) atoms. The number of nitrogens with one attached hydrogen (secondary N) is 2. The predicted octanol–water partition coefficient (Wildman–Crippen LogP) is 3.70. The summed E-state index contributed by atoms with van der Waals surface area (Å²) < 4.78 is 13.6. The van der Waals surface area contributed by atoms with Crippen molar-refractivity contribution in [1.82, 2.24) is 10.2 Å².